The molecular weight excluding hydrogens is 406 g/mol. The highest BCUT2D eigenvalue weighted by atomic mass is 31.2. The second-order valence-electron chi connectivity index (χ2n) is 6.55. The lowest BCUT2D eigenvalue weighted by molar-refractivity contribution is -0.159. The second kappa shape index (κ2) is 7.91. The molecule has 29 heavy (non-hydrogen) atoms. The number of benzene rings is 2. The molecular formula is C19H19F3N3O3P. The zero-order valence-electron chi connectivity index (χ0n) is 16.0. The number of aromatic nitrogens is 2. The van der Waals surface area contributed by atoms with Crippen LogP contribution in [0, 0.1) is 0 Å². The lowest BCUT2D eigenvalue weighted by Gasteiger charge is -2.27. The van der Waals surface area contributed by atoms with Crippen molar-refractivity contribution in [3.8, 4) is 17.1 Å². The van der Waals surface area contributed by atoms with Crippen LogP contribution in [0.1, 0.15) is 11.5 Å². The molecule has 2 aromatic carbocycles. The Hall–Kier alpha value is -2.80. The molecule has 3 aromatic rings. The number of rotatable bonds is 6. The third-order valence-corrected chi connectivity index (χ3v) is 6.89. The molecule has 1 atom stereocenters. The molecule has 1 aromatic heterocycles. The molecule has 0 aliphatic carbocycles. The first-order valence-corrected chi connectivity index (χ1v) is 10.8. The fourth-order valence-corrected chi connectivity index (χ4v) is 4.42. The average molecular weight is 425 g/mol. The lowest BCUT2D eigenvalue weighted by Crippen LogP contribution is -2.14. The minimum Gasteiger partial charge on any atom is -0.497 e. The summed E-state index contributed by atoms with van der Waals surface area (Å²) in [4.78, 5) is 3.36. The van der Waals surface area contributed by atoms with Crippen LogP contribution in [0.4, 0.5) is 18.9 Å². The number of nitrogens with zero attached hydrogens (tertiary/aromatic N) is 3. The van der Waals surface area contributed by atoms with Crippen LogP contribution in [-0.2, 0) is 16.9 Å². The highest BCUT2D eigenvalue weighted by molar-refractivity contribution is 7.64. The van der Waals surface area contributed by atoms with Crippen molar-refractivity contribution in [2.75, 3.05) is 25.5 Å². The summed E-state index contributed by atoms with van der Waals surface area (Å²) in [6.45, 7) is 1.68. The summed E-state index contributed by atoms with van der Waals surface area (Å²) in [5.41, 5.74) is 1.95. The fourth-order valence-electron chi connectivity index (χ4n) is 2.70. The molecule has 0 N–H and O–H groups in total. The summed E-state index contributed by atoms with van der Waals surface area (Å²) in [6.07, 6.45) is -4.40. The van der Waals surface area contributed by atoms with Gasteiger partial charge in [0, 0.05) is 31.1 Å². The van der Waals surface area contributed by atoms with Crippen molar-refractivity contribution in [1.82, 2.24) is 10.1 Å². The Balaban J connectivity index is 1.74. The van der Waals surface area contributed by atoms with Gasteiger partial charge in [-0.05, 0) is 29.8 Å². The van der Waals surface area contributed by atoms with Gasteiger partial charge in [0.1, 0.15) is 5.75 Å². The van der Waals surface area contributed by atoms with Gasteiger partial charge in [-0.15, -0.1) is 0 Å². The Bertz CT molecular complexity index is 1020. The third kappa shape index (κ3) is 4.79. The van der Waals surface area contributed by atoms with Gasteiger partial charge in [-0.3, -0.25) is 0 Å². The van der Waals surface area contributed by atoms with Gasteiger partial charge < -0.3 is 18.5 Å². The largest absolute Gasteiger partial charge is 0.497 e. The highest BCUT2D eigenvalue weighted by Gasteiger charge is 2.38. The molecule has 0 saturated carbocycles. The predicted octanol–water partition coefficient (Wildman–Crippen LogP) is 5.31. The predicted molar refractivity (Wildman–Crippen MR) is 103 cm³/mol. The number of alkyl halides is 3. The number of hydrogen-bond acceptors (Lipinski definition) is 5. The van der Waals surface area contributed by atoms with E-state index in [1.165, 1.54) is 0 Å². The Morgan fingerprint density at radius 2 is 1.72 bits per heavy atom. The SMILES string of the molecule is COc1ccc(N(C)P(C)(=O)Cc2ccc(-c3noc(C(F)(F)F)n3)cc2)cc1. The molecule has 0 aliphatic rings. The molecule has 1 heterocycles. The molecule has 1 unspecified atom stereocenters. The quantitative estimate of drug-likeness (QED) is 0.499. The number of methoxy groups -OCH3 is 1. The molecule has 154 valence electrons. The first-order chi connectivity index (χ1) is 13.6. The van der Waals surface area contributed by atoms with Crippen molar-refractivity contribution >= 4 is 13.0 Å². The first-order valence-electron chi connectivity index (χ1n) is 8.55. The van der Waals surface area contributed by atoms with E-state index < -0.39 is 19.4 Å². The maximum absolute atomic E-state index is 13.2. The van der Waals surface area contributed by atoms with Gasteiger partial charge in [0.15, 0.2) is 7.29 Å². The van der Waals surface area contributed by atoms with Crippen molar-refractivity contribution in [1.29, 1.82) is 0 Å². The summed E-state index contributed by atoms with van der Waals surface area (Å²) in [5.74, 6) is -0.839. The zero-order chi connectivity index (χ0) is 21.2. The van der Waals surface area contributed by atoms with E-state index in [9.17, 15) is 17.7 Å². The maximum atomic E-state index is 13.2. The van der Waals surface area contributed by atoms with E-state index in [2.05, 4.69) is 14.7 Å². The Kier molecular flexibility index (Phi) is 5.71. The van der Waals surface area contributed by atoms with Gasteiger partial charge >= 0.3 is 12.1 Å². The van der Waals surface area contributed by atoms with Gasteiger partial charge in [0.25, 0.3) is 0 Å². The average Bonchev–Trinajstić information content (AvgIpc) is 3.18. The molecule has 0 aliphatic heterocycles. The standard InChI is InChI=1S/C19H19F3N3O3P/c1-25(15-8-10-16(27-2)11-9-15)29(3,26)12-13-4-6-14(7-5-13)17-23-18(28-24-17)19(20,21)22/h4-11H,12H2,1-3H3. The molecule has 0 bridgehead atoms. The molecule has 0 amide bonds. The molecule has 6 nitrogen and oxygen atoms in total. The molecule has 0 saturated heterocycles. The van der Waals surface area contributed by atoms with Crippen LogP contribution in [0.3, 0.4) is 0 Å². The lowest BCUT2D eigenvalue weighted by atomic mass is 10.1. The summed E-state index contributed by atoms with van der Waals surface area (Å²) in [5, 5.41) is 3.36. The molecule has 3 rings (SSSR count). The number of hydrogen-bond donors (Lipinski definition) is 0. The number of ether oxygens (including phenoxy) is 1. The molecule has 0 fully saturated rings. The third-order valence-electron chi connectivity index (χ3n) is 4.44. The fraction of sp³-hybridized carbons (Fsp3) is 0.263. The van der Waals surface area contributed by atoms with E-state index in [4.69, 9.17) is 4.74 Å². The minimum atomic E-state index is -4.69. The van der Waals surface area contributed by atoms with E-state index in [1.54, 1.807) is 61.9 Å². The van der Waals surface area contributed by atoms with Crippen LogP contribution in [0.2, 0.25) is 0 Å². The van der Waals surface area contributed by atoms with Gasteiger partial charge in [-0.25, -0.2) is 0 Å². The first kappa shape index (κ1) is 20.9. The summed E-state index contributed by atoms with van der Waals surface area (Å²) in [6, 6.07) is 13.8. The van der Waals surface area contributed by atoms with Crippen molar-refractivity contribution in [3.63, 3.8) is 0 Å². The Morgan fingerprint density at radius 1 is 1.10 bits per heavy atom. The topological polar surface area (TPSA) is 68.5 Å². The molecule has 0 radical (unpaired) electrons. The van der Waals surface area contributed by atoms with Gasteiger partial charge in [-0.1, -0.05) is 29.4 Å². The Labute approximate surface area is 165 Å². The van der Waals surface area contributed by atoms with E-state index in [1.807, 2.05) is 12.1 Å². The summed E-state index contributed by atoms with van der Waals surface area (Å²) >= 11 is 0. The summed E-state index contributed by atoms with van der Waals surface area (Å²) in [7, 11) is 0.572. The highest BCUT2D eigenvalue weighted by Crippen LogP contribution is 2.50. The van der Waals surface area contributed by atoms with E-state index >= 15 is 0 Å². The maximum Gasteiger partial charge on any atom is 0.471 e. The van der Waals surface area contributed by atoms with E-state index in [0.29, 0.717) is 11.3 Å². The van der Waals surface area contributed by atoms with Gasteiger partial charge in [0.05, 0.1) is 7.11 Å². The normalized spacial score (nSPS) is 13.7. The number of anilines is 1. The second-order valence-corrected chi connectivity index (χ2v) is 9.57. The number of halogens is 3. The monoisotopic (exact) mass is 425 g/mol. The van der Waals surface area contributed by atoms with Gasteiger partial charge in [0.2, 0.25) is 5.82 Å². The smallest absolute Gasteiger partial charge is 0.471 e. The van der Waals surface area contributed by atoms with Crippen LogP contribution >= 0.6 is 7.29 Å². The summed E-state index contributed by atoms with van der Waals surface area (Å²) < 4.78 is 62.1. The zero-order valence-corrected chi connectivity index (χ0v) is 16.9. The minimum absolute atomic E-state index is 0.154. The molecule has 10 heteroatoms. The van der Waals surface area contributed by atoms with Crippen molar-refractivity contribution < 1.29 is 27.0 Å². The van der Waals surface area contributed by atoms with Crippen LogP contribution < -0.4 is 9.41 Å². The van der Waals surface area contributed by atoms with Crippen LogP contribution in [0.15, 0.2) is 53.1 Å². The van der Waals surface area contributed by atoms with Crippen molar-refractivity contribution in [2.45, 2.75) is 12.3 Å². The van der Waals surface area contributed by atoms with Crippen molar-refractivity contribution in [3.05, 3.63) is 60.0 Å². The molecule has 0 spiro atoms. The van der Waals surface area contributed by atoms with Crippen LogP contribution in [-0.4, -0.2) is 31.0 Å². The van der Waals surface area contributed by atoms with E-state index in [0.717, 1.165) is 11.3 Å². The van der Waals surface area contributed by atoms with Crippen LogP contribution in [0.5, 0.6) is 5.75 Å². The van der Waals surface area contributed by atoms with E-state index in [-0.39, 0.29) is 12.0 Å². The van der Waals surface area contributed by atoms with Gasteiger partial charge in [-0.2, -0.15) is 18.2 Å². The van der Waals surface area contributed by atoms with Crippen molar-refractivity contribution in [2.24, 2.45) is 0 Å². The van der Waals surface area contributed by atoms with Crippen LogP contribution in [0.25, 0.3) is 11.4 Å². The Morgan fingerprint density at radius 3 is 2.24 bits per heavy atom.